The normalized spacial score (nSPS) is 10.9. The molecule has 0 radical (unpaired) electrons. The molecule has 0 atom stereocenters. The van der Waals surface area contributed by atoms with E-state index in [1.165, 1.54) is 64.2 Å². The quantitative estimate of drug-likeness (QED) is 0.104. The van der Waals surface area contributed by atoms with Gasteiger partial charge < -0.3 is 9.05 Å². The van der Waals surface area contributed by atoms with Crippen LogP contribution in [0, 0.1) is 37.0 Å². The van der Waals surface area contributed by atoms with Gasteiger partial charge >= 0.3 is 0 Å². The molecule has 0 saturated carbocycles. The highest BCUT2D eigenvalue weighted by Crippen LogP contribution is 2.21. The summed E-state index contributed by atoms with van der Waals surface area (Å²) in [4.78, 5) is 0. The first kappa shape index (κ1) is 29.0. The lowest BCUT2D eigenvalue weighted by Crippen LogP contribution is -2.48. The summed E-state index contributed by atoms with van der Waals surface area (Å²) in [5.74, 6) is 9.21. The van der Waals surface area contributed by atoms with E-state index in [9.17, 15) is 0 Å². The van der Waals surface area contributed by atoms with E-state index in [0.717, 1.165) is 29.8 Å². The number of hydrogen-bond acceptors (Lipinski definition) is 3. The van der Waals surface area contributed by atoms with Gasteiger partial charge in [-0.1, -0.05) is 76.3 Å². The molecule has 194 valence electrons. The summed E-state index contributed by atoms with van der Waals surface area (Å²) in [6.07, 6.45) is 32.1. The third kappa shape index (κ3) is 10.6. The van der Waals surface area contributed by atoms with Crippen molar-refractivity contribution >= 4 is 0 Å². The number of aryl methyl sites for hydroxylation is 1. The van der Waals surface area contributed by atoms with Crippen LogP contribution in [-0.2, 0) is 13.0 Å². The zero-order chi connectivity index (χ0) is 25.9. The topological polar surface area (TPSA) is 55.0 Å². The van der Waals surface area contributed by atoms with Crippen molar-refractivity contribution < 1.29 is 13.5 Å². The van der Waals surface area contributed by atoms with E-state index in [0.29, 0.717) is 36.6 Å². The second kappa shape index (κ2) is 17.3. The van der Waals surface area contributed by atoms with Gasteiger partial charge in [0, 0.05) is 6.42 Å². The molecule has 36 heavy (non-hydrogen) atoms. The Labute approximate surface area is 218 Å². The number of rotatable bonds is 18. The molecule has 1 aromatic carbocycles. The molecule has 1 heterocycles. The summed E-state index contributed by atoms with van der Waals surface area (Å²) in [6.45, 7) is 4.39. The Kier molecular flexibility index (Phi) is 13.9. The number of aromatic nitrogens is 2. The molecule has 1 N–H and O–H groups in total. The maximum Gasteiger partial charge on any atom is 0.227 e. The van der Waals surface area contributed by atoms with Crippen molar-refractivity contribution in [3.63, 3.8) is 0 Å². The van der Waals surface area contributed by atoms with Crippen LogP contribution in [0.2, 0.25) is 0 Å². The average molecular weight is 490 g/mol. The third-order valence-electron chi connectivity index (χ3n) is 6.51. The summed E-state index contributed by atoms with van der Waals surface area (Å²) < 4.78 is 11.6. The second-order valence-electron chi connectivity index (χ2n) is 9.69. The van der Waals surface area contributed by atoms with Gasteiger partial charge in [-0.15, -0.1) is 37.0 Å². The van der Waals surface area contributed by atoms with E-state index in [4.69, 9.17) is 28.3 Å². The maximum absolute atomic E-state index is 5.61. The molecule has 0 saturated heterocycles. The molecular weight excluding hydrogens is 446 g/mol. The van der Waals surface area contributed by atoms with Crippen molar-refractivity contribution in [1.82, 2.24) is 10.3 Å². The highest BCUT2D eigenvalue weighted by molar-refractivity contribution is 5.50. The molecule has 2 rings (SSSR count). The molecule has 2 aromatic rings. The van der Waals surface area contributed by atoms with Crippen LogP contribution in [0.4, 0.5) is 0 Å². The smallest absolute Gasteiger partial charge is 0.227 e. The Balaban J connectivity index is 1.76. The van der Waals surface area contributed by atoms with Crippen LogP contribution in [-0.4, -0.2) is 34.4 Å². The first-order chi connectivity index (χ1) is 17.7. The Bertz CT molecular complexity index is 954. The number of H-pyrrole nitrogens is 1. The average Bonchev–Trinajstić information content (AvgIpc) is 2.89. The molecule has 0 unspecified atom stereocenters. The lowest BCUT2D eigenvalue weighted by Gasteiger charge is -2.34. The number of aromatic amines is 1. The Morgan fingerprint density at radius 1 is 0.806 bits per heavy atom. The lowest BCUT2D eigenvalue weighted by atomic mass is 10.1. The van der Waals surface area contributed by atoms with Gasteiger partial charge in [0.15, 0.2) is 5.82 Å². The number of nitrogens with one attached hydrogen (secondary N) is 1. The number of benzene rings is 1. The van der Waals surface area contributed by atoms with Gasteiger partial charge in [-0.2, -0.15) is 12.1 Å². The zero-order valence-electron chi connectivity index (χ0n) is 22.1. The second-order valence-corrected chi connectivity index (χ2v) is 9.69. The van der Waals surface area contributed by atoms with Gasteiger partial charge in [0.25, 0.3) is 0 Å². The molecular formula is C31H43N3O2. The first-order valence-corrected chi connectivity index (χ1v) is 13.4. The molecule has 0 aliphatic carbocycles. The van der Waals surface area contributed by atoms with Crippen LogP contribution in [0.15, 0.2) is 33.3 Å². The summed E-state index contributed by atoms with van der Waals surface area (Å²) in [5, 5.41) is 7.12. The molecule has 1 aromatic heterocycles. The minimum absolute atomic E-state index is 0.334. The van der Waals surface area contributed by atoms with Gasteiger partial charge in [0.05, 0.1) is 0 Å². The Hall–Kier alpha value is -3.20. The number of unbranched alkanes of at least 4 members (excludes halogenated alkanes) is 10. The molecule has 5 nitrogen and oxygen atoms in total. The van der Waals surface area contributed by atoms with Crippen molar-refractivity contribution in [3.05, 3.63) is 35.7 Å². The highest BCUT2D eigenvalue weighted by atomic mass is 16.6. The molecule has 0 aliphatic rings. The van der Waals surface area contributed by atoms with E-state index in [2.05, 4.69) is 35.0 Å². The summed E-state index contributed by atoms with van der Waals surface area (Å²) in [7, 11) is 0. The van der Waals surface area contributed by atoms with Crippen LogP contribution in [0.3, 0.4) is 0 Å². The van der Waals surface area contributed by atoms with E-state index in [1.807, 2.05) is 24.3 Å². The van der Waals surface area contributed by atoms with Gasteiger partial charge in [-0.3, -0.25) is 4.48 Å². The van der Waals surface area contributed by atoms with Crippen molar-refractivity contribution in [2.75, 3.05) is 19.6 Å². The van der Waals surface area contributed by atoms with Crippen LogP contribution in [0.5, 0.6) is 0 Å². The molecule has 0 fully saturated rings. The predicted octanol–water partition coefficient (Wildman–Crippen LogP) is 7.18. The fourth-order valence-corrected chi connectivity index (χ4v) is 4.45. The van der Waals surface area contributed by atoms with Gasteiger partial charge in [-0.05, 0) is 29.7 Å². The van der Waals surface area contributed by atoms with E-state index in [-0.39, 0.29) is 0 Å². The highest BCUT2D eigenvalue weighted by Gasteiger charge is 2.24. The fraction of sp³-hybridized carbons (Fsp3) is 0.548. The Morgan fingerprint density at radius 2 is 1.33 bits per heavy atom. The largest absolute Gasteiger partial charge is 0.402 e. The maximum atomic E-state index is 5.61. The van der Waals surface area contributed by atoms with Crippen LogP contribution in [0.1, 0.15) is 88.9 Å². The van der Waals surface area contributed by atoms with Crippen LogP contribution < -0.4 is 0 Å². The molecule has 5 heteroatoms. The summed E-state index contributed by atoms with van der Waals surface area (Å²) in [5.41, 5.74) is 1.89. The van der Waals surface area contributed by atoms with E-state index < -0.39 is 0 Å². The third-order valence-corrected chi connectivity index (χ3v) is 6.51. The molecule has 0 spiro atoms. The van der Waals surface area contributed by atoms with Crippen molar-refractivity contribution in [1.29, 1.82) is 0 Å². The Morgan fingerprint density at radius 3 is 1.81 bits per heavy atom. The van der Waals surface area contributed by atoms with Crippen LogP contribution >= 0.6 is 0 Å². The van der Waals surface area contributed by atoms with E-state index >= 15 is 0 Å². The van der Waals surface area contributed by atoms with Gasteiger partial charge in [0.1, 0.15) is 26.2 Å². The van der Waals surface area contributed by atoms with Crippen molar-refractivity contribution in [3.8, 4) is 48.6 Å². The number of hydrogen-bond donors (Lipinski definition) is 1. The lowest BCUT2D eigenvalue weighted by molar-refractivity contribution is -0.921. The van der Waals surface area contributed by atoms with Gasteiger partial charge in [-0.25, -0.2) is 5.16 Å². The standard InChI is InChI=1S/C31H43N3O2/c1-5-9-10-11-12-13-14-15-16-17-18-19-30-32-35-31(36-33-30)29-22-20-28(21-23-29)27-34(24-6-2,25-7-3)26-8-4/h2-4,20-23H,5,9-19,24-27H2,1H3,(H,32,33). The fourth-order valence-electron chi connectivity index (χ4n) is 4.45. The molecule has 0 aliphatic heterocycles. The van der Waals surface area contributed by atoms with Crippen LogP contribution in [0.25, 0.3) is 11.5 Å². The monoisotopic (exact) mass is 489 g/mol. The van der Waals surface area contributed by atoms with Gasteiger partial charge in [0.2, 0.25) is 5.96 Å². The molecule has 0 amide bonds. The van der Waals surface area contributed by atoms with Crippen molar-refractivity contribution in [2.24, 2.45) is 0 Å². The minimum atomic E-state index is 0.334. The van der Waals surface area contributed by atoms with Crippen molar-refractivity contribution in [2.45, 2.75) is 90.5 Å². The number of terminal acetylenes is 3. The zero-order valence-corrected chi connectivity index (χ0v) is 22.1. The number of quaternary nitrogens is 1. The first-order valence-electron chi connectivity index (χ1n) is 13.4. The predicted molar refractivity (Wildman–Crippen MR) is 147 cm³/mol. The number of nitrogens with zero attached hydrogens (tertiary/aromatic N) is 2. The molecule has 0 bridgehead atoms. The van der Waals surface area contributed by atoms with E-state index in [1.54, 1.807) is 0 Å². The summed E-state index contributed by atoms with van der Waals surface area (Å²) in [6, 6.07) is 7.89. The minimum Gasteiger partial charge on any atom is -0.402 e. The summed E-state index contributed by atoms with van der Waals surface area (Å²) >= 11 is 0. The SMILES string of the molecule is C#CC[N+](CC#C)(CC#C)Cc1ccc(-[c-]2onc(CCCCCCCCCCCCC)[nH]o2)cc1.